The topological polar surface area (TPSA) is 78.9 Å². The number of allylic oxidation sites excluding steroid dienone is 2. The van der Waals surface area contributed by atoms with Crippen LogP contribution in [0.5, 0.6) is 0 Å². The number of carbonyl (C=O) groups is 3. The molecule has 0 aromatic heterocycles. The Morgan fingerprint density at radius 2 is 0.532 bits per heavy atom. The molecule has 0 heterocycles. The second kappa shape index (κ2) is 51.8. The van der Waals surface area contributed by atoms with Crippen LogP contribution in [0.25, 0.3) is 0 Å². The van der Waals surface area contributed by atoms with Crippen molar-refractivity contribution in [2.24, 2.45) is 0 Å². The summed E-state index contributed by atoms with van der Waals surface area (Å²) in [5.74, 6) is -0.856. The molecule has 0 spiro atoms. The molecule has 0 saturated carbocycles. The molecule has 0 fully saturated rings. The molecule has 0 aromatic rings. The Morgan fingerprint density at radius 3 is 0.806 bits per heavy atom. The summed E-state index contributed by atoms with van der Waals surface area (Å²) >= 11 is 0. The summed E-state index contributed by atoms with van der Waals surface area (Å²) in [6.45, 7) is 6.65. The molecule has 62 heavy (non-hydrogen) atoms. The number of unbranched alkanes of at least 4 members (excludes halogenated alkanes) is 38. The van der Waals surface area contributed by atoms with E-state index in [1.54, 1.807) is 0 Å². The predicted octanol–water partition coefficient (Wildman–Crippen LogP) is 18.2. The van der Waals surface area contributed by atoms with Crippen LogP contribution in [0.2, 0.25) is 0 Å². The van der Waals surface area contributed by atoms with E-state index in [1.807, 2.05) is 0 Å². The number of esters is 3. The molecule has 6 nitrogen and oxygen atoms in total. The van der Waals surface area contributed by atoms with Gasteiger partial charge in [0.15, 0.2) is 6.10 Å². The lowest BCUT2D eigenvalue weighted by Crippen LogP contribution is -2.30. The fourth-order valence-corrected chi connectivity index (χ4v) is 8.32. The van der Waals surface area contributed by atoms with Gasteiger partial charge < -0.3 is 14.2 Å². The van der Waals surface area contributed by atoms with Gasteiger partial charge in [-0.3, -0.25) is 14.4 Å². The van der Waals surface area contributed by atoms with Crippen LogP contribution in [0.15, 0.2) is 12.2 Å². The van der Waals surface area contributed by atoms with Crippen LogP contribution in [-0.2, 0) is 28.6 Å². The standard InChI is InChI=1S/C56H106O6/c1-4-7-10-13-16-19-21-23-25-27-28-30-31-33-35-37-40-43-46-49-55(58)61-52-53(51-60-54(57)48-45-42-39-18-15-12-9-6-3)62-56(59)50-47-44-41-38-36-34-32-29-26-24-22-20-17-14-11-8-5-2/h24,26,53H,4-23,25,27-52H2,1-3H3/b26-24-. The molecular weight excluding hydrogens is 769 g/mol. The zero-order valence-electron chi connectivity index (χ0n) is 41.9. The summed E-state index contributed by atoms with van der Waals surface area (Å²) in [6, 6.07) is 0. The van der Waals surface area contributed by atoms with E-state index in [4.69, 9.17) is 14.2 Å². The van der Waals surface area contributed by atoms with Gasteiger partial charge in [0.25, 0.3) is 0 Å². The first-order chi connectivity index (χ1) is 30.5. The fraction of sp³-hybridized carbons (Fsp3) is 0.911. The number of ether oxygens (including phenoxy) is 3. The van der Waals surface area contributed by atoms with Crippen molar-refractivity contribution < 1.29 is 28.6 Å². The normalized spacial score (nSPS) is 12.0. The molecule has 0 aliphatic rings. The molecular formula is C56H106O6. The average molecular weight is 875 g/mol. The second-order valence-corrected chi connectivity index (χ2v) is 18.9. The van der Waals surface area contributed by atoms with Crippen LogP contribution in [0.4, 0.5) is 0 Å². The third-order valence-electron chi connectivity index (χ3n) is 12.5. The Morgan fingerprint density at radius 1 is 0.306 bits per heavy atom. The highest BCUT2D eigenvalue weighted by Crippen LogP contribution is 2.17. The third kappa shape index (κ3) is 49.2. The van der Waals surface area contributed by atoms with E-state index in [1.165, 1.54) is 212 Å². The number of rotatable bonds is 51. The van der Waals surface area contributed by atoms with Gasteiger partial charge in [0.1, 0.15) is 13.2 Å². The van der Waals surface area contributed by atoms with E-state index in [0.717, 1.165) is 57.8 Å². The van der Waals surface area contributed by atoms with Gasteiger partial charge in [-0.15, -0.1) is 0 Å². The van der Waals surface area contributed by atoms with Gasteiger partial charge in [-0.2, -0.15) is 0 Å². The highest BCUT2D eigenvalue weighted by Gasteiger charge is 2.19. The average Bonchev–Trinajstić information content (AvgIpc) is 3.27. The monoisotopic (exact) mass is 875 g/mol. The quantitative estimate of drug-likeness (QED) is 0.0262. The number of carbonyl (C=O) groups excluding carboxylic acids is 3. The van der Waals surface area contributed by atoms with Crippen LogP contribution in [0.3, 0.4) is 0 Å². The van der Waals surface area contributed by atoms with Crippen molar-refractivity contribution in [1.82, 2.24) is 0 Å². The summed E-state index contributed by atoms with van der Waals surface area (Å²) in [5.41, 5.74) is 0. The molecule has 1 atom stereocenters. The molecule has 0 rings (SSSR count). The van der Waals surface area contributed by atoms with Gasteiger partial charge >= 0.3 is 17.9 Å². The minimum atomic E-state index is -0.765. The van der Waals surface area contributed by atoms with Crippen molar-refractivity contribution in [2.45, 2.75) is 316 Å². The first-order valence-corrected chi connectivity index (χ1v) is 27.7. The van der Waals surface area contributed by atoms with Crippen molar-refractivity contribution in [2.75, 3.05) is 13.2 Å². The van der Waals surface area contributed by atoms with Crippen molar-refractivity contribution in [1.29, 1.82) is 0 Å². The summed E-state index contributed by atoms with van der Waals surface area (Å²) in [5, 5.41) is 0. The van der Waals surface area contributed by atoms with E-state index in [9.17, 15) is 14.4 Å². The molecule has 0 aliphatic heterocycles. The molecule has 0 amide bonds. The first-order valence-electron chi connectivity index (χ1n) is 27.7. The van der Waals surface area contributed by atoms with Gasteiger partial charge in [0, 0.05) is 19.3 Å². The van der Waals surface area contributed by atoms with Crippen LogP contribution >= 0.6 is 0 Å². The molecule has 0 aliphatic carbocycles. The summed E-state index contributed by atoms with van der Waals surface area (Å²) in [6.07, 6.45) is 57.8. The zero-order valence-corrected chi connectivity index (χ0v) is 41.9. The lowest BCUT2D eigenvalue weighted by atomic mass is 10.0. The Hall–Kier alpha value is -1.85. The van der Waals surface area contributed by atoms with Crippen molar-refractivity contribution in [3.05, 3.63) is 12.2 Å². The molecule has 1 unspecified atom stereocenters. The fourth-order valence-electron chi connectivity index (χ4n) is 8.32. The van der Waals surface area contributed by atoms with Crippen LogP contribution in [0.1, 0.15) is 310 Å². The van der Waals surface area contributed by atoms with Gasteiger partial charge in [-0.1, -0.05) is 258 Å². The van der Waals surface area contributed by atoms with E-state index < -0.39 is 6.10 Å². The van der Waals surface area contributed by atoms with E-state index in [2.05, 4.69) is 32.9 Å². The van der Waals surface area contributed by atoms with E-state index >= 15 is 0 Å². The zero-order chi connectivity index (χ0) is 45.1. The molecule has 6 heteroatoms. The van der Waals surface area contributed by atoms with Gasteiger partial charge in [-0.25, -0.2) is 0 Å². The molecule has 0 saturated heterocycles. The molecule has 0 bridgehead atoms. The lowest BCUT2D eigenvalue weighted by Gasteiger charge is -2.18. The summed E-state index contributed by atoms with van der Waals surface area (Å²) in [4.78, 5) is 37.9. The number of hydrogen-bond acceptors (Lipinski definition) is 6. The molecule has 366 valence electrons. The Labute approximate surface area is 386 Å². The number of hydrogen-bond donors (Lipinski definition) is 0. The molecule has 0 radical (unpaired) electrons. The van der Waals surface area contributed by atoms with Crippen LogP contribution in [0, 0.1) is 0 Å². The minimum Gasteiger partial charge on any atom is -0.462 e. The minimum absolute atomic E-state index is 0.0665. The first kappa shape index (κ1) is 60.2. The van der Waals surface area contributed by atoms with Crippen molar-refractivity contribution in [3.63, 3.8) is 0 Å². The maximum Gasteiger partial charge on any atom is 0.306 e. The Balaban J connectivity index is 4.20. The molecule has 0 aromatic carbocycles. The smallest absolute Gasteiger partial charge is 0.306 e. The maximum atomic E-state index is 12.8. The highest BCUT2D eigenvalue weighted by molar-refractivity contribution is 5.71. The van der Waals surface area contributed by atoms with Crippen LogP contribution in [-0.4, -0.2) is 37.2 Å². The summed E-state index contributed by atoms with van der Waals surface area (Å²) in [7, 11) is 0. The lowest BCUT2D eigenvalue weighted by molar-refractivity contribution is -0.167. The Bertz CT molecular complexity index is 962. The summed E-state index contributed by atoms with van der Waals surface area (Å²) < 4.78 is 16.8. The third-order valence-corrected chi connectivity index (χ3v) is 12.5. The Kier molecular flexibility index (Phi) is 50.2. The SMILES string of the molecule is CCCCCCCC/C=C\CCCCCCCCCC(=O)OC(COC(=O)CCCCCCCCCC)COC(=O)CCCCCCCCCCCCCCCCCCCCC. The van der Waals surface area contributed by atoms with Crippen molar-refractivity contribution >= 4 is 17.9 Å². The van der Waals surface area contributed by atoms with E-state index in [-0.39, 0.29) is 31.1 Å². The maximum absolute atomic E-state index is 12.8. The van der Waals surface area contributed by atoms with Gasteiger partial charge in [-0.05, 0) is 44.9 Å². The van der Waals surface area contributed by atoms with Crippen molar-refractivity contribution in [3.8, 4) is 0 Å². The van der Waals surface area contributed by atoms with Crippen LogP contribution < -0.4 is 0 Å². The largest absolute Gasteiger partial charge is 0.462 e. The second-order valence-electron chi connectivity index (χ2n) is 18.9. The highest BCUT2D eigenvalue weighted by atomic mass is 16.6. The van der Waals surface area contributed by atoms with Gasteiger partial charge in [0.2, 0.25) is 0 Å². The van der Waals surface area contributed by atoms with Gasteiger partial charge in [0.05, 0.1) is 0 Å². The van der Waals surface area contributed by atoms with E-state index in [0.29, 0.717) is 19.3 Å². The molecule has 0 N–H and O–H groups in total. The predicted molar refractivity (Wildman–Crippen MR) is 266 cm³/mol.